The normalized spacial score (nSPS) is 18.7. The van der Waals surface area contributed by atoms with Crippen LogP contribution in [0.15, 0.2) is 72.8 Å². The molecule has 3 aromatic rings. The standard InChI is InChI=1S/C21H15Cl2NO/c22-16-8-4-5-14(11-16)13-21(15-6-2-1-3-7-15)18-10-9-17(23)12-19(18)24-20(21)25/h1-12H,13H2,(H,24,25). The maximum atomic E-state index is 13.2. The highest BCUT2D eigenvalue weighted by Crippen LogP contribution is 2.46. The summed E-state index contributed by atoms with van der Waals surface area (Å²) in [7, 11) is 0. The molecule has 1 aliphatic rings. The number of amides is 1. The van der Waals surface area contributed by atoms with Crippen LogP contribution in [0.2, 0.25) is 10.0 Å². The number of anilines is 1. The monoisotopic (exact) mass is 367 g/mol. The predicted octanol–water partition coefficient (Wildman–Crippen LogP) is 5.47. The van der Waals surface area contributed by atoms with Gasteiger partial charge >= 0.3 is 0 Å². The second-order valence-corrected chi connectivity index (χ2v) is 7.09. The third-order valence-electron chi connectivity index (χ3n) is 4.70. The molecule has 4 heteroatoms. The van der Waals surface area contributed by atoms with Gasteiger partial charge in [-0.1, -0.05) is 71.7 Å². The Morgan fingerprint density at radius 2 is 1.60 bits per heavy atom. The fraction of sp³-hybridized carbons (Fsp3) is 0.0952. The fourth-order valence-corrected chi connectivity index (χ4v) is 3.97. The number of carbonyl (C=O) groups excluding carboxylic acids is 1. The molecule has 124 valence electrons. The zero-order valence-electron chi connectivity index (χ0n) is 13.3. The van der Waals surface area contributed by atoms with E-state index in [4.69, 9.17) is 23.2 Å². The lowest BCUT2D eigenvalue weighted by Crippen LogP contribution is -2.38. The Morgan fingerprint density at radius 1 is 0.840 bits per heavy atom. The van der Waals surface area contributed by atoms with Gasteiger partial charge in [0.1, 0.15) is 5.41 Å². The first kappa shape index (κ1) is 16.2. The highest BCUT2D eigenvalue weighted by Gasteiger charge is 2.48. The smallest absolute Gasteiger partial charge is 0.239 e. The summed E-state index contributed by atoms with van der Waals surface area (Å²) in [5, 5.41) is 4.27. The number of hydrogen-bond donors (Lipinski definition) is 1. The molecule has 0 fully saturated rings. The Bertz CT molecular complexity index is 955. The van der Waals surface area contributed by atoms with E-state index in [0.29, 0.717) is 16.5 Å². The van der Waals surface area contributed by atoms with E-state index >= 15 is 0 Å². The molecule has 2 nitrogen and oxygen atoms in total. The van der Waals surface area contributed by atoms with Crippen molar-refractivity contribution in [3.8, 4) is 0 Å². The van der Waals surface area contributed by atoms with Crippen molar-refractivity contribution in [2.45, 2.75) is 11.8 Å². The van der Waals surface area contributed by atoms with Crippen LogP contribution >= 0.6 is 23.2 Å². The van der Waals surface area contributed by atoms with Gasteiger partial charge in [0.2, 0.25) is 5.91 Å². The van der Waals surface area contributed by atoms with E-state index in [-0.39, 0.29) is 5.91 Å². The number of fused-ring (bicyclic) bond motifs is 1. The number of nitrogens with one attached hydrogen (secondary N) is 1. The number of halogens is 2. The molecule has 0 saturated carbocycles. The van der Waals surface area contributed by atoms with Gasteiger partial charge in [-0.25, -0.2) is 0 Å². The fourth-order valence-electron chi connectivity index (χ4n) is 3.58. The van der Waals surface area contributed by atoms with Crippen molar-refractivity contribution in [1.29, 1.82) is 0 Å². The van der Waals surface area contributed by atoms with Gasteiger partial charge in [-0.15, -0.1) is 0 Å². The zero-order chi connectivity index (χ0) is 17.4. The van der Waals surface area contributed by atoms with Gasteiger partial charge in [-0.2, -0.15) is 0 Å². The van der Waals surface area contributed by atoms with Crippen molar-refractivity contribution in [2.24, 2.45) is 0 Å². The number of rotatable bonds is 3. The molecular formula is C21H15Cl2NO. The highest BCUT2D eigenvalue weighted by atomic mass is 35.5. The molecule has 0 saturated heterocycles. The second kappa shape index (κ2) is 6.21. The third kappa shape index (κ3) is 2.72. The third-order valence-corrected chi connectivity index (χ3v) is 5.17. The van der Waals surface area contributed by atoms with Crippen LogP contribution in [-0.2, 0) is 16.6 Å². The average Bonchev–Trinajstić information content (AvgIpc) is 2.87. The number of hydrogen-bond acceptors (Lipinski definition) is 1. The SMILES string of the molecule is O=C1Nc2cc(Cl)ccc2C1(Cc1cccc(Cl)c1)c1ccccc1. The lowest BCUT2D eigenvalue weighted by molar-refractivity contribution is -0.119. The quantitative estimate of drug-likeness (QED) is 0.652. The topological polar surface area (TPSA) is 29.1 Å². The van der Waals surface area contributed by atoms with E-state index in [2.05, 4.69) is 5.32 Å². The molecule has 1 unspecified atom stereocenters. The van der Waals surface area contributed by atoms with E-state index in [0.717, 1.165) is 22.4 Å². The first-order valence-electron chi connectivity index (χ1n) is 8.01. The van der Waals surface area contributed by atoms with E-state index in [1.807, 2.05) is 66.7 Å². The van der Waals surface area contributed by atoms with Crippen LogP contribution in [0, 0.1) is 0 Å². The van der Waals surface area contributed by atoms with Crippen molar-refractivity contribution in [3.63, 3.8) is 0 Å². The van der Waals surface area contributed by atoms with Gasteiger partial charge in [0.25, 0.3) is 0 Å². The molecule has 0 bridgehead atoms. The molecule has 25 heavy (non-hydrogen) atoms. The largest absolute Gasteiger partial charge is 0.325 e. The molecule has 0 radical (unpaired) electrons. The summed E-state index contributed by atoms with van der Waals surface area (Å²) in [5.74, 6) is -0.0454. The Morgan fingerprint density at radius 3 is 2.36 bits per heavy atom. The van der Waals surface area contributed by atoms with Crippen molar-refractivity contribution >= 4 is 34.8 Å². The minimum absolute atomic E-state index is 0.0454. The molecule has 0 aliphatic carbocycles. The first-order valence-corrected chi connectivity index (χ1v) is 8.77. The van der Waals surface area contributed by atoms with Gasteiger partial charge in [-0.3, -0.25) is 4.79 Å². The van der Waals surface area contributed by atoms with Crippen molar-refractivity contribution in [2.75, 3.05) is 5.32 Å². The van der Waals surface area contributed by atoms with Gasteiger partial charge < -0.3 is 5.32 Å². The summed E-state index contributed by atoms with van der Waals surface area (Å²) in [4.78, 5) is 13.2. The number of carbonyl (C=O) groups is 1. The van der Waals surface area contributed by atoms with E-state index in [1.165, 1.54) is 0 Å². The maximum absolute atomic E-state index is 13.2. The Balaban J connectivity index is 1.94. The molecule has 0 spiro atoms. The van der Waals surface area contributed by atoms with Crippen LogP contribution in [-0.4, -0.2) is 5.91 Å². The van der Waals surface area contributed by atoms with Crippen LogP contribution in [0.1, 0.15) is 16.7 Å². The van der Waals surface area contributed by atoms with Crippen LogP contribution in [0.3, 0.4) is 0 Å². The summed E-state index contributed by atoms with van der Waals surface area (Å²) >= 11 is 12.3. The molecule has 1 atom stereocenters. The summed E-state index contributed by atoms with van der Waals surface area (Å²) < 4.78 is 0. The molecule has 1 heterocycles. The van der Waals surface area contributed by atoms with E-state index in [9.17, 15) is 4.79 Å². The van der Waals surface area contributed by atoms with Gasteiger partial charge in [0.05, 0.1) is 0 Å². The Labute approximate surface area is 156 Å². The van der Waals surface area contributed by atoms with Gasteiger partial charge in [0.15, 0.2) is 0 Å². The van der Waals surface area contributed by atoms with Crippen LogP contribution in [0.25, 0.3) is 0 Å². The second-order valence-electron chi connectivity index (χ2n) is 6.22. The predicted molar refractivity (Wildman–Crippen MR) is 102 cm³/mol. The maximum Gasteiger partial charge on any atom is 0.239 e. The van der Waals surface area contributed by atoms with Crippen molar-refractivity contribution < 1.29 is 4.79 Å². The zero-order valence-corrected chi connectivity index (χ0v) is 14.8. The van der Waals surface area contributed by atoms with Crippen molar-refractivity contribution in [1.82, 2.24) is 0 Å². The molecule has 0 aromatic heterocycles. The summed E-state index contributed by atoms with van der Waals surface area (Å²) in [5.41, 5.74) is 2.87. The van der Waals surface area contributed by atoms with Crippen LogP contribution < -0.4 is 5.32 Å². The van der Waals surface area contributed by atoms with Crippen LogP contribution in [0.5, 0.6) is 0 Å². The summed E-state index contributed by atoms with van der Waals surface area (Å²) in [6, 6.07) is 23.1. The Kier molecular flexibility index (Phi) is 4.03. The minimum Gasteiger partial charge on any atom is -0.325 e. The lowest BCUT2D eigenvalue weighted by Gasteiger charge is -2.28. The Hall–Kier alpha value is -2.29. The highest BCUT2D eigenvalue weighted by molar-refractivity contribution is 6.31. The molecule has 1 N–H and O–H groups in total. The summed E-state index contributed by atoms with van der Waals surface area (Å²) in [6.45, 7) is 0. The minimum atomic E-state index is -0.800. The van der Waals surface area contributed by atoms with Gasteiger partial charge in [0, 0.05) is 15.7 Å². The first-order chi connectivity index (χ1) is 12.1. The van der Waals surface area contributed by atoms with E-state index in [1.54, 1.807) is 6.07 Å². The van der Waals surface area contributed by atoms with Crippen LogP contribution in [0.4, 0.5) is 5.69 Å². The molecule has 1 aliphatic heterocycles. The molecular weight excluding hydrogens is 353 g/mol. The average molecular weight is 368 g/mol. The lowest BCUT2D eigenvalue weighted by atomic mass is 9.71. The van der Waals surface area contributed by atoms with Crippen molar-refractivity contribution in [3.05, 3.63) is 99.5 Å². The number of benzene rings is 3. The molecule has 4 rings (SSSR count). The summed E-state index contributed by atoms with van der Waals surface area (Å²) in [6.07, 6.45) is 0.526. The molecule has 3 aromatic carbocycles. The van der Waals surface area contributed by atoms with Gasteiger partial charge in [-0.05, 0) is 47.4 Å². The van der Waals surface area contributed by atoms with E-state index < -0.39 is 5.41 Å². The molecule has 1 amide bonds.